The Hall–Kier alpha value is -1.60. The van der Waals surface area contributed by atoms with Gasteiger partial charge in [0.25, 0.3) is 0 Å². The van der Waals surface area contributed by atoms with Crippen LogP contribution in [0.15, 0.2) is 42.5 Å². The monoisotopic (exact) mass is 265 g/mol. The second kappa shape index (κ2) is 5.41. The molecule has 1 N–H and O–H groups in total. The van der Waals surface area contributed by atoms with Crippen molar-refractivity contribution in [2.24, 2.45) is 0 Å². The highest BCUT2D eigenvalue weighted by atomic mass is 15.0. The molecule has 1 heteroatoms. The lowest BCUT2D eigenvalue weighted by Crippen LogP contribution is -2.18. The second-order valence-corrected chi connectivity index (χ2v) is 6.05. The molecular weight excluding hydrogens is 242 g/mol. The largest absolute Gasteiger partial charge is 0.309 e. The minimum absolute atomic E-state index is 0.455. The zero-order chi connectivity index (χ0) is 14.1. The Labute approximate surface area is 122 Å². The van der Waals surface area contributed by atoms with Gasteiger partial charge in [0.2, 0.25) is 0 Å². The molecule has 2 unspecified atom stereocenters. The van der Waals surface area contributed by atoms with E-state index in [2.05, 4.69) is 68.6 Å². The quantitative estimate of drug-likeness (QED) is 0.847. The molecule has 1 heterocycles. The Bertz CT molecular complexity index is 577. The SMILES string of the molecule is Cc1cc(C)c(C2CCNC2c2ccccc2)c(C)c1. The third-order valence-corrected chi connectivity index (χ3v) is 4.49. The summed E-state index contributed by atoms with van der Waals surface area (Å²) in [6.45, 7) is 7.81. The summed E-state index contributed by atoms with van der Waals surface area (Å²) in [5, 5.41) is 3.69. The van der Waals surface area contributed by atoms with Crippen LogP contribution >= 0.6 is 0 Å². The van der Waals surface area contributed by atoms with E-state index in [4.69, 9.17) is 0 Å². The molecule has 1 fully saturated rings. The van der Waals surface area contributed by atoms with E-state index in [1.54, 1.807) is 5.56 Å². The molecule has 0 aliphatic carbocycles. The van der Waals surface area contributed by atoms with Crippen LogP contribution in [-0.2, 0) is 0 Å². The molecule has 3 rings (SSSR count). The van der Waals surface area contributed by atoms with Crippen LogP contribution in [0.5, 0.6) is 0 Å². The van der Waals surface area contributed by atoms with Crippen molar-refractivity contribution >= 4 is 0 Å². The maximum Gasteiger partial charge on any atom is 0.0390 e. The van der Waals surface area contributed by atoms with E-state index in [1.165, 1.54) is 28.7 Å². The summed E-state index contributed by atoms with van der Waals surface area (Å²) in [6, 6.07) is 16.0. The van der Waals surface area contributed by atoms with E-state index >= 15 is 0 Å². The summed E-state index contributed by atoms with van der Waals surface area (Å²) in [5.74, 6) is 0.595. The van der Waals surface area contributed by atoms with Gasteiger partial charge in [0.15, 0.2) is 0 Å². The second-order valence-electron chi connectivity index (χ2n) is 6.05. The van der Waals surface area contributed by atoms with Crippen LogP contribution in [0.3, 0.4) is 0 Å². The highest BCUT2D eigenvalue weighted by Crippen LogP contribution is 2.40. The van der Waals surface area contributed by atoms with Gasteiger partial charge in [-0.1, -0.05) is 48.0 Å². The highest BCUT2D eigenvalue weighted by molar-refractivity contribution is 5.42. The molecule has 1 saturated heterocycles. The molecule has 104 valence electrons. The van der Waals surface area contributed by atoms with Crippen molar-refractivity contribution in [3.8, 4) is 0 Å². The van der Waals surface area contributed by atoms with E-state index in [-0.39, 0.29) is 0 Å². The summed E-state index contributed by atoms with van der Waals surface area (Å²) in [4.78, 5) is 0. The average molecular weight is 265 g/mol. The topological polar surface area (TPSA) is 12.0 Å². The number of nitrogens with one attached hydrogen (secondary N) is 1. The highest BCUT2D eigenvalue weighted by Gasteiger charge is 2.31. The summed E-state index contributed by atoms with van der Waals surface area (Å²) in [5.41, 5.74) is 7.21. The normalized spacial score (nSPS) is 22.1. The first-order chi connectivity index (χ1) is 9.66. The summed E-state index contributed by atoms with van der Waals surface area (Å²) < 4.78 is 0. The van der Waals surface area contributed by atoms with Crippen molar-refractivity contribution in [2.75, 3.05) is 6.54 Å². The molecule has 2 atom stereocenters. The van der Waals surface area contributed by atoms with E-state index in [0.29, 0.717) is 12.0 Å². The lowest BCUT2D eigenvalue weighted by molar-refractivity contribution is 0.573. The molecule has 1 nitrogen and oxygen atoms in total. The van der Waals surface area contributed by atoms with E-state index in [1.807, 2.05) is 0 Å². The van der Waals surface area contributed by atoms with Gasteiger partial charge in [0, 0.05) is 12.0 Å². The van der Waals surface area contributed by atoms with Gasteiger partial charge in [-0.05, 0) is 56.0 Å². The van der Waals surface area contributed by atoms with Crippen molar-refractivity contribution in [3.05, 3.63) is 70.3 Å². The fourth-order valence-corrected chi connectivity index (χ4v) is 3.80. The van der Waals surface area contributed by atoms with E-state index < -0.39 is 0 Å². The first-order valence-corrected chi connectivity index (χ1v) is 7.53. The number of benzene rings is 2. The summed E-state index contributed by atoms with van der Waals surface area (Å²) in [7, 11) is 0. The van der Waals surface area contributed by atoms with E-state index in [0.717, 1.165) is 6.54 Å². The maximum atomic E-state index is 3.69. The summed E-state index contributed by atoms with van der Waals surface area (Å²) >= 11 is 0. The minimum atomic E-state index is 0.455. The van der Waals surface area contributed by atoms with Crippen LogP contribution in [0.4, 0.5) is 0 Å². The van der Waals surface area contributed by atoms with Gasteiger partial charge in [0.05, 0.1) is 0 Å². The van der Waals surface area contributed by atoms with E-state index in [9.17, 15) is 0 Å². The van der Waals surface area contributed by atoms with Crippen LogP contribution < -0.4 is 5.32 Å². The molecule has 0 saturated carbocycles. The van der Waals surface area contributed by atoms with Gasteiger partial charge in [-0.25, -0.2) is 0 Å². The predicted molar refractivity (Wildman–Crippen MR) is 85.2 cm³/mol. The van der Waals surface area contributed by atoms with Gasteiger partial charge in [-0.3, -0.25) is 0 Å². The Kier molecular flexibility index (Phi) is 3.62. The Balaban J connectivity index is 2.01. The molecule has 1 aliphatic rings. The first-order valence-electron chi connectivity index (χ1n) is 7.53. The predicted octanol–water partition coefficient (Wildman–Crippen LogP) is 4.43. The zero-order valence-corrected chi connectivity index (χ0v) is 12.6. The lowest BCUT2D eigenvalue weighted by Gasteiger charge is -2.24. The molecule has 1 aliphatic heterocycles. The van der Waals surface area contributed by atoms with Crippen molar-refractivity contribution in [3.63, 3.8) is 0 Å². The molecule has 2 aromatic carbocycles. The number of hydrogen-bond acceptors (Lipinski definition) is 1. The van der Waals surface area contributed by atoms with Crippen LogP contribution in [0.1, 0.15) is 46.2 Å². The fraction of sp³-hybridized carbons (Fsp3) is 0.368. The van der Waals surface area contributed by atoms with Crippen LogP contribution in [-0.4, -0.2) is 6.54 Å². The molecule has 20 heavy (non-hydrogen) atoms. The third kappa shape index (κ3) is 2.38. The molecule has 0 spiro atoms. The number of rotatable bonds is 2. The lowest BCUT2D eigenvalue weighted by atomic mass is 9.82. The molecular formula is C19H23N. The molecule has 0 amide bonds. The molecule has 0 radical (unpaired) electrons. The van der Waals surface area contributed by atoms with Crippen LogP contribution in [0, 0.1) is 20.8 Å². The Morgan fingerprint density at radius 2 is 1.60 bits per heavy atom. The van der Waals surface area contributed by atoms with Crippen LogP contribution in [0.2, 0.25) is 0 Å². The molecule has 0 bridgehead atoms. The molecule has 0 aromatic heterocycles. The Morgan fingerprint density at radius 1 is 0.950 bits per heavy atom. The fourth-order valence-electron chi connectivity index (χ4n) is 3.80. The van der Waals surface area contributed by atoms with Gasteiger partial charge < -0.3 is 5.32 Å². The van der Waals surface area contributed by atoms with Crippen molar-refractivity contribution in [1.29, 1.82) is 0 Å². The van der Waals surface area contributed by atoms with Crippen molar-refractivity contribution in [1.82, 2.24) is 5.32 Å². The van der Waals surface area contributed by atoms with Crippen molar-refractivity contribution < 1.29 is 0 Å². The van der Waals surface area contributed by atoms with Gasteiger partial charge in [-0.15, -0.1) is 0 Å². The number of hydrogen-bond donors (Lipinski definition) is 1. The standard InChI is InChI=1S/C19H23N/c1-13-11-14(2)18(15(3)12-13)17-9-10-20-19(17)16-7-5-4-6-8-16/h4-8,11-12,17,19-20H,9-10H2,1-3H3. The molecule has 2 aromatic rings. The van der Waals surface area contributed by atoms with Crippen molar-refractivity contribution in [2.45, 2.75) is 39.2 Å². The average Bonchev–Trinajstić information content (AvgIpc) is 2.87. The zero-order valence-electron chi connectivity index (χ0n) is 12.6. The minimum Gasteiger partial charge on any atom is -0.309 e. The maximum absolute atomic E-state index is 3.69. The van der Waals surface area contributed by atoms with Gasteiger partial charge >= 0.3 is 0 Å². The Morgan fingerprint density at radius 3 is 2.25 bits per heavy atom. The smallest absolute Gasteiger partial charge is 0.0390 e. The van der Waals surface area contributed by atoms with Crippen LogP contribution in [0.25, 0.3) is 0 Å². The van der Waals surface area contributed by atoms with Gasteiger partial charge in [0.1, 0.15) is 0 Å². The summed E-state index contributed by atoms with van der Waals surface area (Å²) in [6.07, 6.45) is 1.23. The third-order valence-electron chi connectivity index (χ3n) is 4.49. The van der Waals surface area contributed by atoms with Gasteiger partial charge in [-0.2, -0.15) is 0 Å². The number of aryl methyl sites for hydroxylation is 3. The first kappa shape index (κ1) is 13.4.